The van der Waals surface area contributed by atoms with Gasteiger partial charge in [0.25, 0.3) is 0 Å². The number of hydrogen-bond donors (Lipinski definition) is 1. The highest BCUT2D eigenvalue weighted by Gasteiger charge is 2.02. The normalized spacial score (nSPS) is 13.0. The van der Waals surface area contributed by atoms with E-state index < -0.39 is 0 Å². The lowest BCUT2D eigenvalue weighted by Crippen LogP contribution is -2.09. The first-order chi connectivity index (χ1) is 5.24. The summed E-state index contributed by atoms with van der Waals surface area (Å²) in [6.07, 6.45) is 2.69. The van der Waals surface area contributed by atoms with Gasteiger partial charge < -0.3 is 5.73 Å². The largest absolute Gasteiger partial charge is 0.323 e. The molecule has 3 heteroatoms. The van der Waals surface area contributed by atoms with E-state index in [-0.39, 0.29) is 6.04 Å². The first-order valence-corrected chi connectivity index (χ1v) is 4.40. The Hall–Kier alpha value is -0.410. The van der Waals surface area contributed by atoms with E-state index in [1.165, 1.54) is 0 Å². The molecule has 1 aromatic rings. The topological polar surface area (TPSA) is 38.9 Å². The molecule has 0 aromatic carbocycles. The zero-order valence-corrected chi connectivity index (χ0v) is 8.01. The number of hydrogen-bond acceptors (Lipinski definition) is 2. The molecule has 0 amide bonds. The number of halogens is 1. The van der Waals surface area contributed by atoms with Crippen molar-refractivity contribution in [2.75, 3.05) is 0 Å². The third-order valence-electron chi connectivity index (χ3n) is 1.57. The molecule has 0 aliphatic rings. The van der Waals surface area contributed by atoms with Gasteiger partial charge in [0.15, 0.2) is 0 Å². The molecule has 0 fully saturated rings. The van der Waals surface area contributed by atoms with Gasteiger partial charge in [0.05, 0.1) is 5.69 Å². The molecule has 11 heavy (non-hydrogen) atoms. The molecule has 0 spiro atoms. The van der Waals surface area contributed by atoms with Crippen LogP contribution in [0.5, 0.6) is 0 Å². The first kappa shape index (κ1) is 8.68. The summed E-state index contributed by atoms with van der Waals surface area (Å²) in [6, 6.07) is 3.97. The molecule has 1 heterocycles. The van der Waals surface area contributed by atoms with Gasteiger partial charge >= 0.3 is 0 Å². The summed E-state index contributed by atoms with van der Waals surface area (Å²) in [4.78, 5) is 4.18. The van der Waals surface area contributed by atoms with Crippen LogP contribution < -0.4 is 5.73 Å². The van der Waals surface area contributed by atoms with Crippen molar-refractivity contribution in [1.82, 2.24) is 4.98 Å². The molecule has 0 saturated heterocycles. The molecule has 2 N–H and O–H groups in total. The van der Waals surface area contributed by atoms with Crippen LogP contribution in [0.1, 0.15) is 25.1 Å². The molecule has 0 radical (unpaired) electrons. The molecule has 0 bridgehead atoms. The van der Waals surface area contributed by atoms with Crippen LogP contribution in [0.3, 0.4) is 0 Å². The average Bonchev–Trinajstić information content (AvgIpc) is 2.05. The van der Waals surface area contributed by atoms with E-state index in [9.17, 15) is 0 Å². The Morgan fingerprint density at radius 2 is 2.36 bits per heavy atom. The van der Waals surface area contributed by atoms with Crippen LogP contribution in [0.15, 0.2) is 22.8 Å². The smallest absolute Gasteiger partial charge is 0.0571 e. The highest BCUT2D eigenvalue weighted by atomic mass is 79.9. The second-order valence-electron chi connectivity index (χ2n) is 2.42. The molecule has 2 nitrogen and oxygen atoms in total. The Labute approximate surface area is 75.0 Å². The van der Waals surface area contributed by atoms with Crippen LogP contribution >= 0.6 is 15.9 Å². The van der Waals surface area contributed by atoms with E-state index in [1.807, 2.05) is 19.1 Å². The Kier molecular flexibility index (Phi) is 3.02. The van der Waals surface area contributed by atoms with Gasteiger partial charge in [-0.05, 0) is 34.5 Å². The van der Waals surface area contributed by atoms with Gasteiger partial charge in [-0.1, -0.05) is 6.92 Å². The van der Waals surface area contributed by atoms with Gasteiger partial charge in [0.2, 0.25) is 0 Å². The van der Waals surface area contributed by atoms with Crippen molar-refractivity contribution >= 4 is 15.9 Å². The van der Waals surface area contributed by atoms with Crippen molar-refractivity contribution in [2.24, 2.45) is 5.73 Å². The van der Waals surface area contributed by atoms with Gasteiger partial charge in [-0.3, -0.25) is 4.98 Å². The minimum atomic E-state index is 0.0723. The Balaban J connectivity index is 2.81. The summed E-state index contributed by atoms with van der Waals surface area (Å²) in [5, 5.41) is 0. The molecule has 1 rings (SSSR count). The van der Waals surface area contributed by atoms with Crippen molar-refractivity contribution in [2.45, 2.75) is 19.4 Å². The van der Waals surface area contributed by atoms with Crippen LogP contribution in [0.4, 0.5) is 0 Å². The van der Waals surface area contributed by atoms with Gasteiger partial charge in [0.1, 0.15) is 0 Å². The van der Waals surface area contributed by atoms with Gasteiger partial charge in [-0.2, -0.15) is 0 Å². The van der Waals surface area contributed by atoms with Crippen molar-refractivity contribution in [3.8, 4) is 0 Å². The Bertz CT molecular complexity index is 220. The van der Waals surface area contributed by atoms with Crippen molar-refractivity contribution < 1.29 is 0 Å². The lowest BCUT2D eigenvalue weighted by atomic mass is 10.1. The predicted molar refractivity (Wildman–Crippen MR) is 49.2 cm³/mol. The molecule has 1 unspecified atom stereocenters. The maximum Gasteiger partial charge on any atom is 0.0571 e. The van der Waals surface area contributed by atoms with E-state index >= 15 is 0 Å². The monoisotopic (exact) mass is 214 g/mol. The van der Waals surface area contributed by atoms with Gasteiger partial charge in [-0.15, -0.1) is 0 Å². The summed E-state index contributed by atoms with van der Waals surface area (Å²) >= 11 is 3.31. The molecule has 60 valence electrons. The van der Waals surface area contributed by atoms with Gasteiger partial charge in [0, 0.05) is 16.7 Å². The van der Waals surface area contributed by atoms with E-state index in [0.29, 0.717) is 0 Å². The molecular formula is C8H11BrN2. The second kappa shape index (κ2) is 3.83. The summed E-state index contributed by atoms with van der Waals surface area (Å²) in [6.45, 7) is 2.05. The predicted octanol–water partition coefficient (Wildman–Crippen LogP) is 2.25. The maximum atomic E-state index is 5.77. The Morgan fingerprint density at radius 1 is 1.64 bits per heavy atom. The standard InChI is InChI=1S/C8H11BrN2/c1-2-7(10)8-4-3-6(9)5-11-8/h3-5,7H,2,10H2,1H3. The highest BCUT2D eigenvalue weighted by Crippen LogP contribution is 2.13. The molecular weight excluding hydrogens is 204 g/mol. The zero-order valence-electron chi connectivity index (χ0n) is 6.42. The SMILES string of the molecule is CCC(N)c1ccc(Br)cn1. The summed E-state index contributed by atoms with van der Waals surface area (Å²) in [7, 11) is 0. The Morgan fingerprint density at radius 3 is 2.82 bits per heavy atom. The molecule has 0 aliphatic carbocycles. The zero-order chi connectivity index (χ0) is 8.27. The molecule has 0 saturated carbocycles. The minimum Gasteiger partial charge on any atom is -0.323 e. The maximum absolute atomic E-state index is 5.77. The lowest BCUT2D eigenvalue weighted by Gasteiger charge is -2.06. The molecule has 1 atom stereocenters. The number of nitrogens with two attached hydrogens (primary N) is 1. The molecule has 1 aromatic heterocycles. The van der Waals surface area contributed by atoms with Crippen molar-refractivity contribution in [3.63, 3.8) is 0 Å². The van der Waals surface area contributed by atoms with Crippen LogP contribution in [0.2, 0.25) is 0 Å². The second-order valence-corrected chi connectivity index (χ2v) is 3.33. The fourth-order valence-corrected chi connectivity index (χ4v) is 1.05. The number of aromatic nitrogens is 1. The van der Waals surface area contributed by atoms with Crippen LogP contribution in [0.25, 0.3) is 0 Å². The van der Waals surface area contributed by atoms with Crippen molar-refractivity contribution in [1.29, 1.82) is 0 Å². The van der Waals surface area contributed by atoms with Crippen LogP contribution in [-0.4, -0.2) is 4.98 Å². The third kappa shape index (κ3) is 2.27. The highest BCUT2D eigenvalue weighted by molar-refractivity contribution is 9.10. The number of nitrogens with zero attached hydrogens (tertiary/aromatic N) is 1. The fraction of sp³-hybridized carbons (Fsp3) is 0.375. The average molecular weight is 215 g/mol. The molecule has 0 aliphatic heterocycles. The summed E-state index contributed by atoms with van der Waals surface area (Å²) in [5.74, 6) is 0. The summed E-state index contributed by atoms with van der Waals surface area (Å²) in [5.41, 5.74) is 6.72. The first-order valence-electron chi connectivity index (χ1n) is 3.61. The number of pyridine rings is 1. The third-order valence-corrected chi connectivity index (χ3v) is 2.04. The lowest BCUT2D eigenvalue weighted by molar-refractivity contribution is 0.675. The van der Waals surface area contributed by atoms with E-state index in [0.717, 1.165) is 16.6 Å². The summed E-state index contributed by atoms with van der Waals surface area (Å²) < 4.78 is 0.990. The fourth-order valence-electron chi connectivity index (χ4n) is 0.816. The number of rotatable bonds is 2. The van der Waals surface area contributed by atoms with Crippen LogP contribution in [0, 0.1) is 0 Å². The van der Waals surface area contributed by atoms with E-state index in [1.54, 1.807) is 6.20 Å². The quantitative estimate of drug-likeness (QED) is 0.821. The van der Waals surface area contributed by atoms with E-state index in [4.69, 9.17) is 5.73 Å². The minimum absolute atomic E-state index is 0.0723. The van der Waals surface area contributed by atoms with Gasteiger partial charge in [-0.25, -0.2) is 0 Å². The van der Waals surface area contributed by atoms with Crippen molar-refractivity contribution in [3.05, 3.63) is 28.5 Å². The van der Waals surface area contributed by atoms with E-state index in [2.05, 4.69) is 20.9 Å². The van der Waals surface area contributed by atoms with Crippen LogP contribution in [-0.2, 0) is 0 Å².